The third-order valence-corrected chi connectivity index (χ3v) is 4.49. The molecule has 5 heteroatoms. The Kier molecular flexibility index (Phi) is 4.52. The van der Waals surface area contributed by atoms with E-state index in [0.29, 0.717) is 10.4 Å². The Bertz CT molecular complexity index is 734. The predicted octanol–water partition coefficient (Wildman–Crippen LogP) is 3.80. The van der Waals surface area contributed by atoms with Crippen LogP contribution in [0.15, 0.2) is 29.1 Å². The van der Waals surface area contributed by atoms with E-state index < -0.39 is 0 Å². The SMILES string of the molecule is C[C@@H](OC1CCCCO1)c1cc(=O)c2c(Cl)cccc2n1C. The molecule has 118 valence electrons. The molecule has 2 heterocycles. The van der Waals surface area contributed by atoms with E-state index in [9.17, 15) is 4.79 Å². The molecule has 1 unspecified atom stereocenters. The first-order valence-corrected chi connectivity index (χ1v) is 8.01. The van der Waals surface area contributed by atoms with E-state index in [1.165, 1.54) is 0 Å². The fraction of sp³-hybridized carbons (Fsp3) is 0.471. The molecule has 1 aromatic carbocycles. The summed E-state index contributed by atoms with van der Waals surface area (Å²) in [4.78, 5) is 12.4. The minimum atomic E-state index is -0.218. The number of fused-ring (bicyclic) bond motifs is 1. The van der Waals surface area contributed by atoms with Crippen molar-refractivity contribution in [2.45, 2.75) is 38.6 Å². The number of aromatic nitrogens is 1. The zero-order valence-electron chi connectivity index (χ0n) is 12.8. The van der Waals surface area contributed by atoms with Crippen LogP contribution in [-0.4, -0.2) is 17.5 Å². The second-order valence-electron chi connectivity index (χ2n) is 5.70. The van der Waals surface area contributed by atoms with Gasteiger partial charge in [-0.15, -0.1) is 0 Å². The van der Waals surface area contributed by atoms with Crippen molar-refractivity contribution in [1.29, 1.82) is 0 Å². The molecule has 0 aliphatic carbocycles. The topological polar surface area (TPSA) is 40.5 Å². The number of hydrogen-bond donors (Lipinski definition) is 0. The monoisotopic (exact) mass is 321 g/mol. The number of nitrogens with zero attached hydrogens (tertiary/aromatic N) is 1. The zero-order chi connectivity index (χ0) is 15.7. The Morgan fingerprint density at radius 2 is 2.23 bits per heavy atom. The highest BCUT2D eigenvalue weighted by Crippen LogP contribution is 2.26. The summed E-state index contributed by atoms with van der Waals surface area (Å²) in [6.07, 6.45) is 2.70. The molecule has 1 aliphatic rings. The average Bonchev–Trinajstić information content (AvgIpc) is 2.51. The number of ether oxygens (including phenoxy) is 2. The molecule has 2 atom stereocenters. The maximum absolute atomic E-state index is 12.4. The van der Waals surface area contributed by atoms with Crippen LogP contribution in [0.25, 0.3) is 10.9 Å². The largest absolute Gasteiger partial charge is 0.353 e. The first-order chi connectivity index (χ1) is 10.6. The second-order valence-corrected chi connectivity index (χ2v) is 6.11. The lowest BCUT2D eigenvalue weighted by Gasteiger charge is -2.27. The van der Waals surface area contributed by atoms with E-state index in [4.69, 9.17) is 21.1 Å². The molecular weight excluding hydrogens is 302 g/mol. The molecule has 0 saturated carbocycles. The maximum Gasteiger partial charge on any atom is 0.191 e. The van der Waals surface area contributed by atoms with Crippen LogP contribution in [0.5, 0.6) is 0 Å². The molecule has 1 aromatic heterocycles. The summed E-state index contributed by atoms with van der Waals surface area (Å²) < 4.78 is 13.6. The van der Waals surface area contributed by atoms with Crippen LogP contribution in [0, 0.1) is 0 Å². The van der Waals surface area contributed by atoms with Crippen molar-refractivity contribution in [3.05, 3.63) is 45.2 Å². The van der Waals surface area contributed by atoms with Gasteiger partial charge >= 0.3 is 0 Å². The first-order valence-electron chi connectivity index (χ1n) is 7.63. The molecule has 4 nitrogen and oxygen atoms in total. The molecule has 22 heavy (non-hydrogen) atoms. The van der Waals surface area contributed by atoms with Gasteiger partial charge in [0.1, 0.15) is 0 Å². The predicted molar refractivity (Wildman–Crippen MR) is 87.3 cm³/mol. The highest BCUT2D eigenvalue weighted by atomic mass is 35.5. The maximum atomic E-state index is 12.4. The van der Waals surface area contributed by atoms with Crippen LogP contribution in [0.4, 0.5) is 0 Å². The Labute approximate surface area is 134 Å². The molecule has 0 radical (unpaired) electrons. The number of benzene rings is 1. The third kappa shape index (κ3) is 2.91. The normalized spacial score (nSPS) is 20.2. The lowest BCUT2D eigenvalue weighted by Crippen LogP contribution is -2.25. The van der Waals surface area contributed by atoms with Crippen LogP contribution in [0.1, 0.15) is 38.0 Å². The van der Waals surface area contributed by atoms with Crippen molar-refractivity contribution in [2.24, 2.45) is 7.05 Å². The van der Waals surface area contributed by atoms with Crippen molar-refractivity contribution in [3.63, 3.8) is 0 Å². The summed E-state index contributed by atoms with van der Waals surface area (Å²) in [6.45, 7) is 2.69. The van der Waals surface area contributed by atoms with Crippen molar-refractivity contribution in [3.8, 4) is 0 Å². The summed E-state index contributed by atoms with van der Waals surface area (Å²) >= 11 is 6.16. The van der Waals surface area contributed by atoms with Gasteiger partial charge in [-0.3, -0.25) is 4.79 Å². The average molecular weight is 322 g/mol. The van der Waals surface area contributed by atoms with Gasteiger partial charge in [-0.05, 0) is 38.3 Å². The highest BCUT2D eigenvalue weighted by Gasteiger charge is 2.21. The molecule has 0 spiro atoms. The van der Waals surface area contributed by atoms with E-state index in [1.807, 2.05) is 30.7 Å². The number of halogens is 1. The van der Waals surface area contributed by atoms with Gasteiger partial charge in [-0.2, -0.15) is 0 Å². The van der Waals surface area contributed by atoms with Gasteiger partial charge in [0.15, 0.2) is 11.7 Å². The van der Waals surface area contributed by atoms with Crippen molar-refractivity contribution >= 4 is 22.5 Å². The quantitative estimate of drug-likeness (QED) is 0.863. The number of rotatable bonds is 3. The van der Waals surface area contributed by atoms with Gasteiger partial charge in [-0.25, -0.2) is 0 Å². The second kappa shape index (κ2) is 6.41. The Morgan fingerprint density at radius 3 is 2.95 bits per heavy atom. The summed E-state index contributed by atoms with van der Waals surface area (Å²) in [5.74, 6) is 0. The van der Waals surface area contributed by atoms with E-state index in [0.717, 1.165) is 37.1 Å². The smallest absolute Gasteiger partial charge is 0.191 e. The summed E-state index contributed by atoms with van der Waals surface area (Å²) in [6, 6.07) is 7.10. The Balaban J connectivity index is 1.96. The Morgan fingerprint density at radius 1 is 1.41 bits per heavy atom. The van der Waals surface area contributed by atoms with Gasteiger partial charge in [-0.1, -0.05) is 17.7 Å². The third-order valence-electron chi connectivity index (χ3n) is 4.18. The molecular formula is C17H20ClNO3. The number of hydrogen-bond acceptors (Lipinski definition) is 3. The van der Waals surface area contributed by atoms with Gasteiger partial charge in [0.05, 0.1) is 27.7 Å². The van der Waals surface area contributed by atoms with E-state index in [2.05, 4.69) is 0 Å². The molecule has 2 aromatic rings. The standard InChI is InChI=1S/C17H20ClNO3/c1-11(22-16-8-3-4-9-21-16)14-10-15(20)17-12(18)6-5-7-13(17)19(14)2/h5-7,10-11,16H,3-4,8-9H2,1-2H3/t11-,16?/m1/s1. The number of aryl methyl sites for hydroxylation is 1. The van der Waals surface area contributed by atoms with Gasteiger partial charge < -0.3 is 14.0 Å². The lowest BCUT2D eigenvalue weighted by atomic mass is 10.1. The molecule has 3 rings (SSSR count). The fourth-order valence-corrected chi connectivity index (χ4v) is 3.25. The molecule has 0 amide bonds. The van der Waals surface area contributed by atoms with Gasteiger partial charge in [0.2, 0.25) is 0 Å². The molecule has 0 N–H and O–H groups in total. The van der Waals surface area contributed by atoms with Crippen LogP contribution >= 0.6 is 11.6 Å². The highest BCUT2D eigenvalue weighted by molar-refractivity contribution is 6.35. The van der Waals surface area contributed by atoms with Crippen LogP contribution in [0.2, 0.25) is 5.02 Å². The van der Waals surface area contributed by atoms with Crippen molar-refractivity contribution in [1.82, 2.24) is 4.57 Å². The molecule has 0 bridgehead atoms. The zero-order valence-corrected chi connectivity index (χ0v) is 13.6. The van der Waals surface area contributed by atoms with E-state index >= 15 is 0 Å². The van der Waals surface area contributed by atoms with Crippen LogP contribution < -0.4 is 5.43 Å². The van der Waals surface area contributed by atoms with Gasteiger partial charge in [0, 0.05) is 19.7 Å². The lowest BCUT2D eigenvalue weighted by molar-refractivity contribution is -0.187. The summed E-state index contributed by atoms with van der Waals surface area (Å²) in [7, 11) is 1.93. The van der Waals surface area contributed by atoms with E-state index in [-0.39, 0.29) is 17.8 Å². The molecule has 1 saturated heterocycles. The summed E-state index contributed by atoms with van der Waals surface area (Å²) in [5.41, 5.74) is 1.57. The summed E-state index contributed by atoms with van der Waals surface area (Å²) in [5, 5.41) is 1.03. The fourth-order valence-electron chi connectivity index (χ4n) is 2.98. The van der Waals surface area contributed by atoms with Crippen LogP contribution in [0.3, 0.4) is 0 Å². The first kappa shape index (κ1) is 15.5. The van der Waals surface area contributed by atoms with Crippen molar-refractivity contribution < 1.29 is 9.47 Å². The molecule has 1 fully saturated rings. The van der Waals surface area contributed by atoms with Crippen LogP contribution in [-0.2, 0) is 16.5 Å². The van der Waals surface area contributed by atoms with E-state index in [1.54, 1.807) is 12.1 Å². The van der Waals surface area contributed by atoms with Crippen molar-refractivity contribution in [2.75, 3.05) is 6.61 Å². The minimum Gasteiger partial charge on any atom is -0.353 e. The molecule has 1 aliphatic heterocycles. The van der Waals surface area contributed by atoms with Gasteiger partial charge in [0.25, 0.3) is 0 Å². The number of pyridine rings is 1. The minimum absolute atomic E-state index is 0.0753. The Hall–Kier alpha value is -1.36.